The van der Waals surface area contributed by atoms with Gasteiger partial charge in [0.05, 0.1) is 6.61 Å². The van der Waals surface area contributed by atoms with Gasteiger partial charge in [0.25, 0.3) is 0 Å². The topological polar surface area (TPSA) is 46.5 Å². The summed E-state index contributed by atoms with van der Waals surface area (Å²) in [7, 11) is 0. The first-order valence-electron chi connectivity index (χ1n) is 3.63. The summed E-state index contributed by atoms with van der Waals surface area (Å²) >= 11 is 2.98. The van der Waals surface area contributed by atoms with Crippen LogP contribution in [0, 0.1) is 0 Å². The first kappa shape index (κ1) is 10.9. The second-order valence-electron chi connectivity index (χ2n) is 2.14. The standard InChI is InChI=1S/C7H13BrO3/c8-6-7(10)11-5-3-1-2-4-9/h9H,1-6H2. The quantitative estimate of drug-likeness (QED) is 0.418. The van der Waals surface area contributed by atoms with Crippen LogP contribution in [0.2, 0.25) is 0 Å². The Balaban J connectivity index is 2.95. The van der Waals surface area contributed by atoms with E-state index in [9.17, 15) is 4.79 Å². The van der Waals surface area contributed by atoms with E-state index in [1.807, 2.05) is 0 Å². The fourth-order valence-corrected chi connectivity index (χ4v) is 0.777. The lowest BCUT2D eigenvalue weighted by molar-refractivity contribution is -0.140. The molecule has 0 aliphatic rings. The molecule has 0 rings (SSSR count). The van der Waals surface area contributed by atoms with Gasteiger partial charge >= 0.3 is 5.97 Å². The van der Waals surface area contributed by atoms with Crippen LogP contribution in [0.5, 0.6) is 0 Å². The number of aliphatic hydroxyl groups excluding tert-OH is 1. The zero-order valence-corrected chi connectivity index (χ0v) is 7.97. The van der Waals surface area contributed by atoms with Crippen LogP contribution in [0.25, 0.3) is 0 Å². The van der Waals surface area contributed by atoms with Gasteiger partial charge < -0.3 is 9.84 Å². The third-order valence-electron chi connectivity index (χ3n) is 1.17. The number of halogens is 1. The first-order valence-corrected chi connectivity index (χ1v) is 4.76. The average Bonchev–Trinajstić information content (AvgIpc) is 2.04. The third kappa shape index (κ3) is 7.81. The molecule has 0 aliphatic heterocycles. The summed E-state index contributed by atoms with van der Waals surface area (Å²) in [5, 5.41) is 8.66. The van der Waals surface area contributed by atoms with Gasteiger partial charge in [-0.05, 0) is 19.3 Å². The Bertz CT molecular complexity index is 106. The smallest absolute Gasteiger partial charge is 0.316 e. The van der Waals surface area contributed by atoms with Crippen molar-refractivity contribution >= 4 is 21.9 Å². The summed E-state index contributed by atoms with van der Waals surface area (Å²) in [6.07, 6.45) is 2.53. The summed E-state index contributed by atoms with van der Waals surface area (Å²) < 4.78 is 4.77. The number of rotatable bonds is 6. The molecule has 66 valence electrons. The van der Waals surface area contributed by atoms with Crippen molar-refractivity contribution in [1.29, 1.82) is 0 Å². The molecule has 0 aromatic carbocycles. The molecule has 0 saturated heterocycles. The number of carbonyl (C=O) groups excluding carboxylic acids is 1. The molecule has 0 bridgehead atoms. The molecule has 1 N–H and O–H groups in total. The number of esters is 1. The second-order valence-corrected chi connectivity index (χ2v) is 2.70. The molecule has 0 amide bonds. The molecular weight excluding hydrogens is 212 g/mol. The van der Waals surface area contributed by atoms with Crippen LogP contribution in [0.15, 0.2) is 0 Å². The molecule has 0 fully saturated rings. The first-order chi connectivity index (χ1) is 5.31. The highest BCUT2D eigenvalue weighted by molar-refractivity contribution is 9.09. The van der Waals surface area contributed by atoms with Gasteiger partial charge in [0.15, 0.2) is 0 Å². The van der Waals surface area contributed by atoms with Gasteiger partial charge in [0, 0.05) is 6.61 Å². The number of hydrogen-bond donors (Lipinski definition) is 1. The fraction of sp³-hybridized carbons (Fsp3) is 0.857. The third-order valence-corrected chi connectivity index (χ3v) is 1.63. The fourth-order valence-electron chi connectivity index (χ4n) is 0.615. The Morgan fingerprint density at radius 1 is 1.36 bits per heavy atom. The molecule has 0 aromatic heterocycles. The van der Waals surface area contributed by atoms with Gasteiger partial charge in [-0.2, -0.15) is 0 Å². The van der Waals surface area contributed by atoms with Crippen LogP contribution in [-0.4, -0.2) is 29.6 Å². The van der Waals surface area contributed by atoms with E-state index in [-0.39, 0.29) is 17.9 Å². The highest BCUT2D eigenvalue weighted by Crippen LogP contribution is 1.95. The Labute approximate surface area is 74.9 Å². The van der Waals surface area contributed by atoms with E-state index in [1.165, 1.54) is 0 Å². The van der Waals surface area contributed by atoms with Crippen molar-refractivity contribution in [3.63, 3.8) is 0 Å². The molecule has 0 heterocycles. The van der Waals surface area contributed by atoms with Crippen molar-refractivity contribution in [3.05, 3.63) is 0 Å². The van der Waals surface area contributed by atoms with Crippen LogP contribution in [0.1, 0.15) is 19.3 Å². The molecular formula is C7H13BrO3. The van der Waals surface area contributed by atoms with E-state index in [1.54, 1.807) is 0 Å². The lowest BCUT2D eigenvalue weighted by Crippen LogP contribution is -2.06. The van der Waals surface area contributed by atoms with E-state index in [0.29, 0.717) is 6.61 Å². The number of hydrogen-bond acceptors (Lipinski definition) is 3. The van der Waals surface area contributed by atoms with Crippen LogP contribution >= 0.6 is 15.9 Å². The minimum absolute atomic E-state index is 0.215. The molecule has 3 nitrogen and oxygen atoms in total. The average molecular weight is 225 g/mol. The lowest BCUT2D eigenvalue weighted by Gasteiger charge is -2.00. The van der Waals surface area contributed by atoms with Gasteiger partial charge in [-0.15, -0.1) is 0 Å². The monoisotopic (exact) mass is 224 g/mol. The molecule has 0 radical (unpaired) electrons. The Morgan fingerprint density at radius 2 is 2.09 bits per heavy atom. The number of carbonyl (C=O) groups is 1. The number of alkyl halides is 1. The van der Waals surface area contributed by atoms with Crippen molar-refractivity contribution in [1.82, 2.24) is 0 Å². The zero-order valence-electron chi connectivity index (χ0n) is 6.38. The van der Waals surface area contributed by atoms with Gasteiger partial charge in [0.1, 0.15) is 5.33 Å². The normalized spacial score (nSPS) is 9.64. The van der Waals surface area contributed by atoms with Crippen LogP contribution in [0.4, 0.5) is 0 Å². The number of unbranched alkanes of at least 4 members (excludes halogenated alkanes) is 2. The molecule has 4 heteroatoms. The lowest BCUT2D eigenvalue weighted by atomic mass is 10.2. The van der Waals surface area contributed by atoms with Crippen molar-refractivity contribution in [2.75, 3.05) is 18.5 Å². The van der Waals surface area contributed by atoms with Crippen molar-refractivity contribution in [2.24, 2.45) is 0 Å². The molecule has 0 atom stereocenters. The largest absolute Gasteiger partial charge is 0.465 e. The zero-order chi connectivity index (χ0) is 8.53. The van der Waals surface area contributed by atoms with Crippen molar-refractivity contribution < 1.29 is 14.6 Å². The predicted octanol–water partition coefficient (Wildman–Crippen LogP) is 1.09. The molecule has 0 spiro atoms. The summed E-state index contributed by atoms with van der Waals surface area (Å²) in [5.41, 5.74) is 0. The number of ether oxygens (including phenoxy) is 1. The molecule has 0 saturated carbocycles. The Kier molecular flexibility index (Phi) is 7.95. The van der Waals surface area contributed by atoms with Crippen molar-refractivity contribution in [2.45, 2.75) is 19.3 Å². The van der Waals surface area contributed by atoms with Crippen molar-refractivity contribution in [3.8, 4) is 0 Å². The van der Waals surface area contributed by atoms with Gasteiger partial charge in [-0.25, -0.2) is 0 Å². The minimum Gasteiger partial charge on any atom is -0.465 e. The molecule has 0 unspecified atom stereocenters. The summed E-state index contributed by atoms with van der Waals surface area (Å²) in [6.45, 7) is 0.677. The Morgan fingerprint density at radius 3 is 2.64 bits per heavy atom. The van der Waals surface area contributed by atoms with Crippen LogP contribution in [0.3, 0.4) is 0 Å². The van der Waals surface area contributed by atoms with Gasteiger partial charge in [-0.3, -0.25) is 4.79 Å². The van der Waals surface area contributed by atoms with E-state index in [4.69, 9.17) is 9.84 Å². The minimum atomic E-state index is -0.228. The SMILES string of the molecule is O=C(CBr)OCCCCCO. The van der Waals surface area contributed by atoms with E-state index in [2.05, 4.69) is 15.9 Å². The Hall–Kier alpha value is -0.0900. The van der Waals surface area contributed by atoms with E-state index < -0.39 is 0 Å². The molecule has 0 aromatic rings. The maximum atomic E-state index is 10.5. The van der Waals surface area contributed by atoms with E-state index in [0.717, 1.165) is 19.3 Å². The summed E-state index contributed by atoms with van der Waals surface area (Å²) in [5.74, 6) is -0.228. The summed E-state index contributed by atoms with van der Waals surface area (Å²) in [4.78, 5) is 10.5. The number of aliphatic hydroxyl groups is 1. The van der Waals surface area contributed by atoms with Crippen LogP contribution < -0.4 is 0 Å². The maximum Gasteiger partial charge on any atom is 0.316 e. The van der Waals surface area contributed by atoms with Gasteiger partial charge in [0.2, 0.25) is 0 Å². The molecule has 0 aliphatic carbocycles. The predicted molar refractivity (Wildman–Crippen MR) is 45.7 cm³/mol. The van der Waals surface area contributed by atoms with E-state index >= 15 is 0 Å². The highest BCUT2D eigenvalue weighted by atomic mass is 79.9. The maximum absolute atomic E-state index is 10.5. The molecule has 11 heavy (non-hydrogen) atoms. The highest BCUT2D eigenvalue weighted by Gasteiger charge is 1.97. The van der Waals surface area contributed by atoms with Crippen LogP contribution in [-0.2, 0) is 9.53 Å². The van der Waals surface area contributed by atoms with Gasteiger partial charge in [-0.1, -0.05) is 15.9 Å². The second kappa shape index (κ2) is 8.01. The summed E-state index contributed by atoms with van der Waals surface area (Å²) in [6, 6.07) is 0.